The fraction of sp³-hybridized carbons (Fsp3) is 0. The smallest absolute Gasteiger partial charge is 0.567 e. The molecule has 0 fully saturated rings. The molecule has 0 aromatic carbocycles. The molecule has 0 aliphatic rings. The largest absolute Gasteiger partial charge is 2.00 e. The van der Waals surface area contributed by atoms with Crippen LogP contribution in [0.25, 0.3) is 0 Å². The molecule has 0 aliphatic heterocycles. The predicted molar refractivity (Wildman–Crippen MR) is 19.7 cm³/mol. The minimum absolute atomic E-state index is 0. The fourth-order valence-corrected chi connectivity index (χ4v) is 0. The van der Waals surface area contributed by atoms with E-state index < -0.39 is 16.5 Å². The van der Waals surface area contributed by atoms with Crippen LogP contribution >= 0.6 is 16.5 Å². The Morgan fingerprint density at radius 1 is 1.00 bits per heavy atom. The molecule has 0 rings (SSSR count). The van der Waals surface area contributed by atoms with Gasteiger partial charge in [-0.05, 0) is 9.13 Å². The Balaban J connectivity index is -0.0000000720. The average molecular weight is 225 g/mol. The molecule has 0 bridgehead atoms. The summed E-state index contributed by atoms with van der Waals surface area (Å²) in [5.74, 6) is 0. The Kier molecular flexibility index (Phi) is 20.8. The van der Waals surface area contributed by atoms with Gasteiger partial charge in [0.1, 0.15) is 0 Å². The molecule has 6 nitrogen and oxygen atoms in total. The molecule has 2 unspecified atom stereocenters. The molecule has 0 amide bonds. The summed E-state index contributed by atoms with van der Waals surface area (Å²) in [6.45, 7) is 0. The first-order valence-corrected chi connectivity index (χ1v) is 3.39. The summed E-state index contributed by atoms with van der Waals surface area (Å²) in [6.07, 6.45) is 0. The van der Waals surface area contributed by atoms with E-state index in [4.69, 9.17) is 28.7 Å². The Labute approximate surface area is 65.2 Å². The van der Waals surface area contributed by atoms with Crippen LogP contribution < -0.4 is 9.79 Å². The van der Waals surface area contributed by atoms with Crippen molar-refractivity contribution in [2.45, 2.75) is 0 Å². The maximum atomic E-state index is 8.59. The van der Waals surface area contributed by atoms with E-state index in [2.05, 4.69) is 0 Å². The quantitative estimate of drug-likeness (QED) is 0.363. The third kappa shape index (κ3) is 874. The molecule has 2 atom stereocenters. The molecule has 0 aromatic rings. The summed E-state index contributed by atoms with van der Waals surface area (Å²) in [7, 11) is -6.24. The van der Waals surface area contributed by atoms with Gasteiger partial charge in [0, 0.05) is 0 Å². The Hall–Kier alpha value is 0.663. The first-order chi connectivity index (χ1) is 3.46. The van der Waals surface area contributed by atoms with Gasteiger partial charge in [-0.25, -0.2) is 0 Å². The van der Waals surface area contributed by atoms with Crippen molar-refractivity contribution in [2.24, 2.45) is 0 Å². The zero-order valence-corrected chi connectivity index (χ0v) is 8.88. The molecule has 2 N–H and O–H groups in total. The molecule has 0 heterocycles. The van der Waals surface area contributed by atoms with Crippen molar-refractivity contribution in [1.29, 1.82) is 0 Å². The Bertz CT molecular complexity index is 69.1. The first kappa shape index (κ1) is 16.3. The van der Waals surface area contributed by atoms with Crippen LogP contribution in [0.15, 0.2) is 0 Å². The van der Waals surface area contributed by atoms with Gasteiger partial charge < -0.3 is 9.79 Å². The summed E-state index contributed by atoms with van der Waals surface area (Å²) in [6, 6.07) is 0. The number of hydrogen-bond donors (Lipinski definition) is 2. The van der Waals surface area contributed by atoms with Gasteiger partial charge in [0.05, 0.1) is 0 Å². The second-order valence-corrected chi connectivity index (χ2v) is 1.43. The van der Waals surface area contributed by atoms with Gasteiger partial charge in [0.15, 0.2) is 0 Å². The van der Waals surface area contributed by atoms with Crippen LogP contribution in [-0.4, -0.2) is 9.79 Å². The van der Waals surface area contributed by atoms with Crippen LogP contribution in [0.4, 0.5) is 0 Å². The maximum Gasteiger partial charge on any atom is 2.00 e. The van der Waals surface area contributed by atoms with Crippen molar-refractivity contribution in [3.05, 3.63) is 0 Å². The fourth-order valence-electron chi connectivity index (χ4n) is 0. The SMILES string of the molecule is O=[P+]([O-])O.O=[P+]([O-])O.[Zn+2]. The Morgan fingerprint density at radius 3 is 1.00 bits per heavy atom. The molecule has 0 aromatic heterocycles. The van der Waals surface area contributed by atoms with E-state index in [9.17, 15) is 0 Å². The van der Waals surface area contributed by atoms with Crippen molar-refractivity contribution in [3.63, 3.8) is 0 Å². The van der Waals surface area contributed by atoms with E-state index in [0.717, 1.165) is 0 Å². The predicted octanol–water partition coefficient (Wildman–Crippen LogP) is -2.01. The third-order valence-corrected chi connectivity index (χ3v) is 0. The van der Waals surface area contributed by atoms with Gasteiger partial charge in [-0.15, -0.1) is 0 Å². The number of hydrogen-bond acceptors (Lipinski definition) is 4. The summed E-state index contributed by atoms with van der Waals surface area (Å²) in [4.78, 5) is 31.2. The van der Waals surface area contributed by atoms with Crippen LogP contribution in [0, 0.1) is 0 Å². The zero-order chi connectivity index (χ0) is 7.15. The summed E-state index contributed by atoms with van der Waals surface area (Å²) in [5.41, 5.74) is 0. The summed E-state index contributed by atoms with van der Waals surface area (Å²) < 4.78 is 17.2. The minimum atomic E-state index is -3.12. The first-order valence-electron chi connectivity index (χ1n) is 1.13. The molecule has 0 saturated carbocycles. The standard InChI is InChI=1S/2HO3P.Zn/c2*1-4(2)3;/h2*(H,1,2,3);/q;;+2. The summed E-state index contributed by atoms with van der Waals surface area (Å²) >= 11 is 0. The van der Waals surface area contributed by atoms with Crippen LogP contribution in [0.3, 0.4) is 0 Å². The van der Waals surface area contributed by atoms with Gasteiger partial charge in [0.2, 0.25) is 0 Å². The van der Waals surface area contributed by atoms with E-state index in [1.165, 1.54) is 0 Å². The van der Waals surface area contributed by atoms with Crippen molar-refractivity contribution in [2.75, 3.05) is 0 Å². The molecule has 9 heteroatoms. The normalized spacial score (nSPS) is 9.78. The van der Waals surface area contributed by atoms with Gasteiger partial charge in [-0.1, -0.05) is 0 Å². The zero-order valence-electron chi connectivity index (χ0n) is 4.13. The Morgan fingerprint density at radius 2 is 1.00 bits per heavy atom. The number of rotatable bonds is 0. The van der Waals surface area contributed by atoms with Gasteiger partial charge in [-0.2, -0.15) is 9.79 Å². The van der Waals surface area contributed by atoms with Crippen LogP contribution in [0.5, 0.6) is 0 Å². The van der Waals surface area contributed by atoms with E-state index >= 15 is 0 Å². The molecule has 9 heavy (non-hydrogen) atoms. The second-order valence-electron chi connectivity index (χ2n) is 0.476. The van der Waals surface area contributed by atoms with Crippen molar-refractivity contribution < 1.29 is 48.2 Å². The molecule has 0 saturated heterocycles. The van der Waals surface area contributed by atoms with E-state index in [1.807, 2.05) is 0 Å². The molecular formula is H2O6P2Zn+2. The van der Waals surface area contributed by atoms with E-state index in [0.29, 0.717) is 0 Å². The topological polar surface area (TPSA) is 121 Å². The van der Waals surface area contributed by atoms with Crippen LogP contribution in [0.1, 0.15) is 0 Å². The van der Waals surface area contributed by atoms with E-state index in [1.54, 1.807) is 0 Å². The molecule has 48 valence electrons. The molecule has 0 spiro atoms. The van der Waals surface area contributed by atoms with Crippen molar-refractivity contribution in [1.82, 2.24) is 0 Å². The monoisotopic (exact) mass is 224 g/mol. The third-order valence-electron chi connectivity index (χ3n) is 0. The summed E-state index contributed by atoms with van der Waals surface area (Å²) in [5, 5.41) is 0. The van der Waals surface area contributed by atoms with Crippen LogP contribution in [-0.2, 0) is 28.6 Å². The van der Waals surface area contributed by atoms with Gasteiger partial charge >= 0.3 is 36.0 Å². The van der Waals surface area contributed by atoms with Crippen molar-refractivity contribution >= 4 is 16.5 Å². The second kappa shape index (κ2) is 11.5. The molecule has 0 radical (unpaired) electrons. The molecule has 0 aliphatic carbocycles. The van der Waals surface area contributed by atoms with Gasteiger partial charge in [0.25, 0.3) is 0 Å². The van der Waals surface area contributed by atoms with E-state index in [-0.39, 0.29) is 19.5 Å². The maximum absolute atomic E-state index is 8.59. The molecular weight excluding hydrogens is 223 g/mol. The average Bonchev–Trinajstić information content (AvgIpc) is 1.25. The van der Waals surface area contributed by atoms with Crippen molar-refractivity contribution in [3.8, 4) is 0 Å². The van der Waals surface area contributed by atoms with Gasteiger partial charge in [-0.3, -0.25) is 0 Å². The van der Waals surface area contributed by atoms with Crippen LogP contribution in [0.2, 0.25) is 0 Å². The minimum Gasteiger partial charge on any atom is -0.567 e.